The lowest BCUT2D eigenvalue weighted by Crippen LogP contribution is -2.46. The molecule has 2 heteroatoms. The van der Waals surface area contributed by atoms with Gasteiger partial charge in [-0.15, -0.1) is 0 Å². The van der Waals surface area contributed by atoms with E-state index in [0.717, 1.165) is 33.3 Å². The molecule has 2 aliphatic rings. The first-order valence-corrected chi connectivity index (χ1v) is 11.9. The number of likely N-dealkylation sites (tertiary alicyclic amines) is 1. The number of rotatable bonds is 5. The molecule has 0 saturated carbocycles. The molecule has 2 nitrogen and oxygen atoms in total. The maximum Gasteiger partial charge on any atom is 0.140 e. The third-order valence-electron chi connectivity index (χ3n) is 7.45. The topological polar surface area (TPSA) is 20.2 Å². The van der Waals surface area contributed by atoms with Gasteiger partial charge in [0.15, 0.2) is 0 Å². The number of quaternary nitrogens is 1. The Bertz CT molecular complexity index is 1110. The van der Waals surface area contributed by atoms with Gasteiger partial charge >= 0.3 is 0 Å². The zero-order valence-corrected chi connectivity index (χ0v) is 18.9. The Morgan fingerprint density at radius 1 is 0.875 bits per heavy atom. The van der Waals surface area contributed by atoms with Gasteiger partial charge in [0.2, 0.25) is 0 Å². The molecule has 0 spiro atoms. The minimum absolute atomic E-state index is 0.440. The number of fused-ring (bicyclic) bond motifs is 3. The van der Waals surface area contributed by atoms with Gasteiger partial charge in [0.1, 0.15) is 12.1 Å². The van der Waals surface area contributed by atoms with Crippen molar-refractivity contribution in [3.8, 4) is 23.0 Å². The largest absolute Gasteiger partial charge is 0.379 e. The lowest BCUT2D eigenvalue weighted by atomic mass is 9.88. The summed E-state index contributed by atoms with van der Waals surface area (Å²) in [4.78, 5) is 0. The van der Waals surface area contributed by atoms with Gasteiger partial charge in [-0.2, -0.15) is 0 Å². The van der Waals surface area contributed by atoms with Gasteiger partial charge in [-0.1, -0.05) is 91.7 Å². The highest BCUT2D eigenvalue weighted by molar-refractivity contribution is 5.80. The first-order chi connectivity index (χ1) is 15.7. The minimum Gasteiger partial charge on any atom is -0.379 e. The maximum absolute atomic E-state index is 11.7. The van der Waals surface area contributed by atoms with Crippen molar-refractivity contribution in [2.75, 3.05) is 26.2 Å². The molecular weight excluding hydrogens is 390 g/mol. The van der Waals surface area contributed by atoms with E-state index in [4.69, 9.17) is 0 Å². The third kappa shape index (κ3) is 3.66. The van der Waals surface area contributed by atoms with Crippen LogP contribution in [-0.2, 0) is 5.60 Å². The highest BCUT2D eigenvalue weighted by atomic mass is 16.3. The van der Waals surface area contributed by atoms with Crippen LogP contribution in [-0.4, -0.2) is 35.8 Å². The van der Waals surface area contributed by atoms with Crippen LogP contribution in [0.3, 0.4) is 0 Å². The Hall–Kier alpha value is -2.86. The normalized spacial score (nSPS) is 22.6. The van der Waals surface area contributed by atoms with E-state index in [2.05, 4.69) is 61.2 Å². The molecule has 2 atom stereocenters. The van der Waals surface area contributed by atoms with Crippen LogP contribution in [0.25, 0.3) is 11.1 Å². The Balaban J connectivity index is 1.35. The molecule has 5 rings (SSSR count). The fourth-order valence-corrected chi connectivity index (χ4v) is 5.88. The Morgan fingerprint density at radius 3 is 2.16 bits per heavy atom. The summed E-state index contributed by atoms with van der Waals surface area (Å²) in [6.45, 7) is 6.68. The number of benzene rings is 3. The van der Waals surface area contributed by atoms with Crippen molar-refractivity contribution in [3.05, 3.63) is 95.6 Å². The molecule has 2 unspecified atom stereocenters. The summed E-state index contributed by atoms with van der Waals surface area (Å²) >= 11 is 0. The molecule has 3 aromatic rings. The molecule has 0 amide bonds. The van der Waals surface area contributed by atoms with Crippen LogP contribution >= 0.6 is 0 Å². The summed E-state index contributed by atoms with van der Waals surface area (Å²) in [5.74, 6) is 7.53. The Kier molecular flexibility index (Phi) is 5.64. The van der Waals surface area contributed by atoms with Gasteiger partial charge in [-0.25, -0.2) is 0 Å². The van der Waals surface area contributed by atoms with Crippen molar-refractivity contribution in [2.45, 2.75) is 37.7 Å². The van der Waals surface area contributed by atoms with E-state index in [1.807, 2.05) is 36.4 Å². The highest BCUT2D eigenvalue weighted by Crippen LogP contribution is 2.48. The lowest BCUT2D eigenvalue weighted by Gasteiger charge is -2.32. The molecule has 1 saturated heterocycles. The fourth-order valence-electron chi connectivity index (χ4n) is 5.88. The van der Waals surface area contributed by atoms with Crippen molar-refractivity contribution >= 4 is 0 Å². The van der Waals surface area contributed by atoms with Crippen LogP contribution in [0.4, 0.5) is 0 Å². The second kappa shape index (κ2) is 8.58. The van der Waals surface area contributed by atoms with E-state index in [1.54, 1.807) is 0 Å². The minimum atomic E-state index is -1.02. The van der Waals surface area contributed by atoms with Crippen LogP contribution < -0.4 is 0 Å². The monoisotopic (exact) mass is 422 g/mol. The van der Waals surface area contributed by atoms with Gasteiger partial charge < -0.3 is 9.59 Å². The molecule has 1 aliphatic heterocycles. The number of hydrogen-bond acceptors (Lipinski definition) is 1. The van der Waals surface area contributed by atoms with E-state index in [-0.39, 0.29) is 0 Å². The second-order valence-electron chi connectivity index (χ2n) is 9.51. The van der Waals surface area contributed by atoms with E-state index < -0.39 is 5.60 Å². The van der Waals surface area contributed by atoms with Crippen molar-refractivity contribution in [1.29, 1.82) is 0 Å². The SMILES string of the molecule is CCC[N+]1(CC#CCC2(O)c3ccccc3-c3ccccc32)CCC(c2ccccc2)C1. The van der Waals surface area contributed by atoms with Crippen LogP contribution in [0.15, 0.2) is 78.9 Å². The molecule has 1 heterocycles. The zero-order chi connectivity index (χ0) is 22.0. The third-order valence-corrected chi connectivity index (χ3v) is 7.45. The van der Waals surface area contributed by atoms with E-state index in [0.29, 0.717) is 12.3 Å². The van der Waals surface area contributed by atoms with Gasteiger partial charge in [-0.3, -0.25) is 0 Å². The molecule has 1 fully saturated rings. The summed E-state index contributed by atoms with van der Waals surface area (Å²) in [7, 11) is 0. The Labute approximate surface area is 192 Å². The maximum atomic E-state index is 11.7. The molecule has 32 heavy (non-hydrogen) atoms. The van der Waals surface area contributed by atoms with Crippen molar-refractivity contribution in [2.24, 2.45) is 0 Å². The molecule has 0 aromatic heterocycles. The highest BCUT2D eigenvalue weighted by Gasteiger charge is 2.41. The summed E-state index contributed by atoms with van der Waals surface area (Å²) in [6, 6.07) is 27.4. The van der Waals surface area contributed by atoms with Crippen molar-refractivity contribution in [1.82, 2.24) is 0 Å². The molecule has 1 N–H and O–H groups in total. The van der Waals surface area contributed by atoms with E-state index in [1.165, 1.54) is 38.0 Å². The number of aliphatic hydroxyl groups is 1. The predicted molar refractivity (Wildman–Crippen MR) is 131 cm³/mol. The van der Waals surface area contributed by atoms with E-state index >= 15 is 0 Å². The summed E-state index contributed by atoms with van der Waals surface area (Å²) in [5, 5.41) is 11.7. The summed E-state index contributed by atoms with van der Waals surface area (Å²) < 4.78 is 1.08. The fraction of sp³-hybridized carbons (Fsp3) is 0.333. The molecule has 0 radical (unpaired) electrons. The quantitative estimate of drug-likeness (QED) is 0.412. The second-order valence-corrected chi connectivity index (χ2v) is 9.51. The van der Waals surface area contributed by atoms with Crippen molar-refractivity contribution < 1.29 is 9.59 Å². The lowest BCUT2D eigenvalue weighted by molar-refractivity contribution is -0.910. The summed E-state index contributed by atoms with van der Waals surface area (Å²) in [6.07, 6.45) is 2.85. The van der Waals surface area contributed by atoms with E-state index in [9.17, 15) is 5.11 Å². The van der Waals surface area contributed by atoms with Crippen LogP contribution in [0.1, 0.15) is 48.8 Å². The molecule has 162 valence electrons. The van der Waals surface area contributed by atoms with Gasteiger partial charge in [0.05, 0.1) is 19.6 Å². The number of nitrogens with zero attached hydrogens (tertiary/aromatic N) is 1. The zero-order valence-electron chi connectivity index (χ0n) is 18.9. The van der Waals surface area contributed by atoms with Gasteiger partial charge in [0, 0.05) is 18.8 Å². The molecular formula is C30H32NO+. The van der Waals surface area contributed by atoms with Crippen LogP contribution in [0.2, 0.25) is 0 Å². The first-order valence-electron chi connectivity index (χ1n) is 11.9. The Morgan fingerprint density at radius 2 is 1.50 bits per heavy atom. The van der Waals surface area contributed by atoms with Crippen LogP contribution in [0.5, 0.6) is 0 Å². The average molecular weight is 423 g/mol. The van der Waals surface area contributed by atoms with Gasteiger partial charge in [-0.05, 0) is 40.2 Å². The molecule has 1 aliphatic carbocycles. The first kappa shape index (κ1) is 21.0. The molecule has 3 aromatic carbocycles. The molecule has 0 bridgehead atoms. The van der Waals surface area contributed by atoms with Gasteiger partial charge in [0.25, 0.3) is 0 Å². The smallest absolute Gasteiger partial charge is 0.140 e. The van der Waals surface area contributed by atoms with Crippen LogP contribution in [0, 0.1) is 11.8 Å². The standard InChI is InChI=1S/C30H32NO/c1-2-20-31(22-18-25(23-31)24-12-4-3-5-13-24)21-11-10-19-30(32)28-16-8-6-14-26(28)27-15-7-9-17-29(27)30/h3-9,12-17,25,32H,2,18-23H2,1H3/q+1. The predicted octanol–water partition coefficient (Wildman–Crippen LogP) is 5.71. The number of hydrogen-bond donors (Lipinski definition) is 1. The average Bonchev–Trinajstić information content (AvgIpc) is 3.37. The van der Waals surface area contributed by atoms with Crippen molar-refractivity contribution in [3.63, 3.8) is 0 Å². The summed E-state index contributed by atoms with van der Waals surface area (Å²) in [5.41, 5.74) is 4.67.